The zero-order valence-electron chi connectivity index (χ0n) is 18.6. The minimum atomic E-state index is -3.82. The van der Waals surface area contributed by atoms with Crippen molar-refractivity contribution in [3.8, 4) is 5.75 Å². The molecule has 1 aromatic heterocycles. The van der Waals surface area contributed by atoms with Gasteiger partial charge in [-0.2, -0.15) is 9.40 Å². The second-order valence-corrected chi connectivity index (χ2v) is 9.78. The Bertz CT molecular complexity index is 1320. The summed E-state index contributed by atoms with van der Waals surface area (Å²) in [6.07, 6.45) is 0. The molecule has 2 heterocycles. The largest absolute Gasteiger partial charge is 0.492 e. The fourth-order valence-corrected chi connectivity index (χ4v) is 5.69. The number of ether oxygens (including phenoxy) is 1. The first kappa shape index (κ1) is 22.9. The van der Waals surface area contributed by atoms with Crippen LogP contribution in [-0.4, -0.2) is 41.6 Å². The predicted octanol–water partition coefficient (Wildman–Crippen LogP) is 2.69. The molecule has 8 nitrogen and oxygen atoms in total. The molecule has 0 saturated heterocycles. The fraction of sp³-hybridized carbons (Fsp3) is 0.304. The van der Waals surface area contributed by atoms with E-state index in [9.17, 15) is 17.6 Å². The minimum Gasteiger partial charge on any atom is -0.492 e. The number of nitrogens with one attached hydrogen (secondary N) is 1. The van der Waals surface area contributed by atoms with Crippen LogP contribution in [0.5, 0.6) is 5.75 Å². The highest BCUT2D eigenvalue weighted by Gasteiger charge is 2.32. The van der Waals surface area contributed by atoms with Gasteiger partial charge in [-0.1, -0.05) is 18.2 Å². The van der Waals surface area contributed by atoms with Gasteiger partial charge in [-0.3, -0.25) is 9.48 Å². The topological polar surface area (TPSA) is 93.5 Å². The van der Waals surface area contributed by atoms with E-state index >= 15 is 0 Å². The minimum absolute atomic E-state index is 0.0408. The average Bonchev–Trinajstić information content (AvgIpc) is 2.93. The summed E-state index contributed by atoms with van der Waals surface area (Å²) in [7, 11) is -2.12. The molecule has 3 aromatic rings. The van der Waals surface area contributed by atoms with Gasteiger partial charge in [0.1, 0.15) is 23.1 Å². The average molecular weight is 473 g/mol. The van der Waals surface area contributed by atoms with Crippen LogP contribution in [0.25, 0.3) is 0 Å². The second-order valence-electron chi connectivity index (χ2n) is 7.91. The van der Waals surface area contributed by atoms with Gasteiger partial charge >= 0.3 is 0 Å². The Balaban J connectivity index is 1.57. The number of sulfonamides is 1. The highest BCUT2D eigenvalue weighted by molar-refractivity contribution is 7.89. The van der Waals surface area contributed by atoms with Crippen molar-refractivity contribution in [2.45, 2.75) is 31.8 Å². The number of carbonyl (C=O) groups is 1. The Morgan fingerprint density at radius 3 is 2.67 bits per heavy atom. The lowest BCUT2D eigenvalue weighted by Crippen LogP contribution is -2.33. The number of hydrogen-bond donors (Lipinski definition) is 1. The van der Waals surface area contributed by atoms with E-state index in [4.69, 9.17) is 4.74 Å². The normalized spacial score (nSPS) is 14.3. The Hall–Kier alpha value is -3.24. The molecule has 0 bridgehead atoms. The van der Waals surface area contributed by atoms with E-state index in [0.717, 1.165) is 0 Å². The van der Waals surface area contributed by atoms with Crippen molar-refractivity contribution in [1.29, 1.82) is 0 Å². The van der Waals surface area contributed by atoms with E-state index < -0.39 is 21.7 Å². The van der Waals surface area contributed by atoms with Crippen molar-refractivity contribution in [2.75, 3.05) is 13.2 Å². The Kier molecular flexibility index (Phi) is 6.22. The van der Waals surface area contributed by atoms with Gasteiger partial charge in [-0.15, -0.1) is 0 Å². The molecule has 0 spiro atoms. The number of halogens is 1. The molecule has 1 amide bonds. The first-order valence-electron chi connectivity index (χ1n) is 10.5. The number of fused-ring (bicyclic) bond motifs is 1. The summed E-state index contributed by atoms with van der Waals surface area (Å²) in [5, 5.41) is 6.93. The van der Waals surface area contributed by atoms with E-state index in [2.05, 4.69) is 10.4 Å². The van der Waals surface area contributed by atoms with Crippen LogP contribution < -0.4 is 10.1 Å². The van der Waals surface area contributed by atoms with E-state index in [1.807, 2.05) is 0 Å². The molecular formula is C23H25FN4O4S. The van der Waals surface area contributed by atoms with E-state index in [-0.39, 0.29) is 31.1 Å². The summed E-state index contributed by atoms with van der Waals surface area (Å²) in [5.74, 6) is -0.258. The third-order valence-corrected chi connectivity index (χ3v) is 7.80. The molecule has 174 valence electrons. The van der Waals surface area contributed by atoms with Crippen LogP contribution >= 0.6 is 0 Å². The summed E-state index contributed by atoms with van der Waals surface area (Å²) < 4.78 is 49.3. The number of rotatable bonds is 5. The molecule has 0 unspecified atom stereocenters. The lowest BCUT2D eigenvalue weighted by molar-refractivity contribution is 0.0950. The maximum Gasteiger partial charge on any atom is 0.251 e. The lowest BCUT2D eigenvalue weighted by Gasteiger charge is -2.20. The standard InChI is InChI=1S/C23H25FN4O4S/c1-15-22(16(2)27(3)26-15)33(30,31)28-10-11-32-21-9-8-17(12-19(21)14-28)23(29)25-13-18-6-4-5-7-20(18)24/h4-9,12H,10-11,13-14H2,1-3H3,(H,25,29). The maximum atomic E-state index is 13.8. The molecule has 0 atom stereocenters. The number of aromatic nitrogens is 2. The van der Waals surface area contributed by atoms with E-state index in [1.54, 1.807) is 62.0 Å². The predicted molar refractivity (Wildman–Crippen MR) is 120 cm³/mol. The smallest absolute Gasteiger partial charge is 0.251 e. The first-order valence-corrected chi connectivity index (χ1v) is 11.9. The molecule has 4 rings (SSSR count). The second kappa shape index (κ2) is 8.95. The van der Waals surface area contributed by atoms with Crippen LogP contribution in [-0.2, 0) is 30.2 Å². The van der Waals surface area contributed by atoms with Crippen molar-refractivity contribution >= 4 is 15.9 Å². The molecule has 10 heteroatoms. The molecular weight excluding hydrogens is 447 g/mol. The van der Waals surface area contributed by atoms with Gasteiger partial charge in [0.25, 0.3) is 5.91 Å². The SMILES string of the molecule is Cc1nn(C)c(C)c1S(=O)(=O)N1CCOc2ccc(C(=O)NCc3ccccc3F)cc2C1. The molecule has 0 radical (unpaired) electrons. The number of amides is 1. The Morgan fingerprint density at radius 2 is 1.97 bits per heavy atom. The van der Waals surface area contributed by atoms with Crippen LogP contribution in [0.3, 0.4) is 0 Å². The molecule has 33 heavy (non-hydrogen) atoms. The van der Waals surface area contributed by atoms with Crippen LogP contribution in [0.4, 0.5) is 4.39 Å². The zero-order valence-corrected chi connectivity index (χ0v) is 19.4. The highest BCUT2D eigenvalue weighted by atomic mass is 32.2. The van der Waals surface area contributed by atoms with Gasteiger partial charge in [0.05, 0.1) is 11.4 Å². The molecule has 0 fully saturated rings. The van der Waals surface area contributed by atoms with Crippen LogP contribution in [0.15, 0.2) is 47.4 Å². The number of hydrogen-bond acceptors (Lipinski definition) is 5. The lowest BCUT2D eigenvalue weighted by atomic mass is 10.1. The summed E-state index contributed by atoms with van der Waals surface area (Å²) in [5.41, 5.74) is 2.28. The molecule has 1 aliphatic heterocycles. The zero-order chi connectivity index (χ0) is 23.8. The summed E-state index contributed by atoms with van der Waals surface area (Å²) in [4.78, 5) is 12.9. The summed E-state index contributed by atoms with van der Waals surface area (Å²) in [6, 6.07) is 11.1. The monoisotopic (exact) mass is 472 g/mol. The van der Waals surface area contributed by atoms with Crippen molar-refractivity contribution in [3.05, 3.63) is 76.4 Å². The maximum absolute atomic E-state index is 13.8. The van der Waals surface area contributed by atoms with Gasteiger partial charge in [-0.05, 0) is 38.1 Å². The Labute approximate surface area is 192 Å². The summed E-state index contributed by atoms with van der Waals surface area (Å²) >= 11 is 0. The molecule has 1 N–H and O–H groups in total. The quantitative estimate of drug-likeness (QED) is 0.616. The van der Waals surface area contributed by atoms with Gasteiger partial charge < -0.3 is 10.1 Å². The molecule has 0 saturated carbocycles. The van der Waals surface area contributed by atoms with Crippen LogP contribution in [0.2, 0.25) is 0 Å². The van der Waals surface area contributed by atoms with Gasteiger partial charge in [-0.25, -0.2) is 12.8 Å². The van der Waals surface area contributed by atoms with Gasteiger partial charge in [0, 0.05) is 43.4 Å². The molecule has 1 aliphatic rings. The Morgan fingerprint density at radius 1 is 1.21 bits per heavy atom. The number of carbonyl (C=O) groups excluding carboxylic acids is 1. The number of aryl methyl sites for hydroxylation is 2. The number of nitrogens with zero attached hydrogens (tertiary/aromatic N) is 3. The third-order valence-electron chi connectivity index (χ3n) is 5.71. The summed E-state index contributed by atoms with van der Waals surface area (Å²) in [6.45, 7) is 3.83. The van der Waals surface area contributed by atoms with Crippen LogP contribution in [0.1, 0.15) is 32.9 Å². The van der Waals surface area contributed by atoms with Crippen molar-refractivity contribution < 1.29 is 22.3 Å². The van der Waals surface area contributed by atoms with Crippen LogP contribution in [0, 0.1) is 19.7 Å². The van der Waals surface area contributed by atoms with Crippen molar-refractivity contribution in [1.82, 2.24) is 19.4 Å². The molecule has 2 aromatic carbocycles. The van der Waals surface area contributed by atoms with Gasteiger partial charge in [0.15, 0.2) is 0 Å². The van der Waals surface area contributed by atoms with Gasteiger partial charge in [0.2, 0.25) is 10.0 Å². The van der Waals surface area contributed by atoms with E-state index in [1.165, 1.54) is 10.4 Å². The third kappa shape index (κ3) is 4.49. The molecule has 0 aliphatic carbocycles. The highest BCUT2D eigenvalue weighted by Crippen LogP contribution is 2.30. The number of benzene rings is 2. The van der Waals surface area contributed by atoms with E-state index in [0.29, 0.717) is 33.8 Å². The fourth-order valence-electron chi connectivity index (χ4n) is 3.89. The van der Waals surface area contributed by atoms with Crippen molar-refractivity contribution in [3.63, 3.8) is 0 Å². The van der Waals surface area contributed by atoms with Crippen molar-refractivity contribution in [2.24, 2.45) is 7.05 Å². The first-order chi connectivity index (χ1) is 15.7.